The third kappa shape index (κ3) is 13.4. The van der Waals surface area contributed by atoms with E-state index in [-0.39, 0.29) is 22.5 Å². The van der Waals surface area contributed by atoms with E-state index in [1.807, 2.05) is 84.9 Å². The van der Waals surface area contributed by atoms with E-state index in [2.05, 4.69) is 335 Å². The van der Waals surface area contributed by atoms with Crippen LogP contribution < -0.4 is 19.3 Å². The summed E-state index contributed by atoms with van der Waals surface area (Å²) in [5.74, 6) is 2.37. The highest BCUT2D eigenvalue weighted by molar-refractivity contribution is 6.09. The van der Waals surface area contributed by atoms with Crippen LogP contribution >= 0.6 is 0 Å². The van der Waals surface area contributed by atoms with Gasteiger partial charge < -0.3 is 23.7 Å². The third-order valence-electron chi connectivity index (χ3n) is 25.0. The molecular formula is C114H92F2N2O3. The summed E-state index contributed by atoms with van der Waals surface area (Å²) in [6, 6.07) is 120. The minimum absolute atomic E-state index is 0.0907. The molecule has 5 nitrogen and oxygen atoms in total. The Hall–Kier alpha value is -14.1. The van der Waals surface area contributed by atoms with E-state index in [0.717, 1.165) is 190 Å². The molecule has 1 heterocycles. The normalized spacial score (nSPS) is 14.6. The van der Waals surface area contributed by atoms with Crippen molar-refractivity contribution in [3.05, 3.63) is 454 Å². The molecule has 2 unspecified atom stereocenters. The van der Waals surface area contributed by atoms with Crippen LogP contribution in [0.3, 0.4) is 0 Å². The molecule has 16 aromatic carbocycles. The van der Waals surface area contributed by atoms with Gasteiger partial charge in [-0.3, -0.25) is 0 Å². The maximum Gasteiger partial charge on any atom is 0.135 e. The molecule has 0 aliphatic heterocycles. The molecule has 121 heavy (non-hydrogen) atoms. The van der Waals surface area contributed by atoms with Gasteiger partial charge in [-0.15, -0.1) is 0 Å². The second-order valence-electron chi connectivity index (χ2n) is 34.6. The van der Waals surface area contributed by atoms with Crippen molar-refractivity contribution in [2.45, 2.75) is 90.9 Å². The molecule has 0 N–H and O–H groups in total. The van der Waals surface area contributed by atoms with E-state index in [1.165, 1.54) is 46.5 Å². The van der Waals surface area contributed by atoms with E-state index < -0.39 is 10.8 Å². The van der Waals surface area contributed by atoms with Gasteiger partial charge in [0.2, 0.25) is 0 Å². The van der Waals surface area contributed by atoms with Crippen LogP contribution in [-0.2, 0) is 21.7 Å². The average Bonchev–Trinajstić information content (AvgIpc) is 1.57. The summed E-state index contributed by atoms with van der Waals surface area (Å²) in [4.78, 5) is 4.83. The van der Waals surface area contributed by atoms with Crippen LogP contribution in [0, 0.1) is 39.3 Å². The number of ether oxygens (including phenoxy) is 2. The Morgan fingerprint density at radius 2 is 0.620 bits per heavy atom. The largest absolute Gasteiger partial charge is 0.457 e. The number of nitrogens with zero attached hydrogens (tertiary/aromatic N) is 2. The summed E-state index contributed by atoms with van der Waals surface area (Å²) in [5, 5.41) is 1.86. The van der Waals surface area contributed by atoms with Crippen molar-refractivity contribution in [2.75, 3.05) is 9.80 Å². The van der Waals surface area contributed by atoms with Crippen LogP contribution in [0.25, 0.3) is 78.6 Å². The lowest BCUT2D eigenvalue weighted by Gasteiger charge is -2.35. The summed E-state index contributed by atoms with van der Waals surface area (Å²) >= 11 is 0. The monoisotopic (exact) mass is 1570 g/mol. The molecule has 7 heteroatoms. The summed E-state index contributed by atoms with van der Waals surface area (Å²) in [6.45, 7) is 30.2. The molecule has 0 saturated carbocycles. The van der Waals surface area contributed by atoms with Crippen molar-refractivity contribution in [3.63, 3.8) is 0 Å². The first-order valence-electron chi connectivity index (χ1n) is 41.6. The quantitative estimate of drug-likeness (QED) is 0.0856. The first-order chi connectivity index (χ1) is 58.5. The van der Waals surface area contributed by atoms with E-state index in [0.29, 0.717) is 0 Å². The zero-order chi connectivity index (χ0) is 83.4. The molecule has 2 atom stereocenters. The van der Waals surface area contributed by atoms with Crippen molar-refractivity contribution in [3.8, 4) is 67.5 Å². The minimum Gasteiger partial charge on any atom is -0.457 e. The van der Waals surface area contributed by atoms with Gasteiger partial charge in [-0.1, -0.05) is 249 Å². The number of benzene rings is 16. The number of hydrogen-bond acceptors (Lipinski definition) is 5. The second kappa shape index (κ2) is 30.0. The SMILES string of the molecule is C=Cc1ccc(Oc2ccc(C3(c4ccc(C(C)(C)C)cc4)c4ccccc4-c4ccc(N(c5ccc6oc7ccc(N(c8ccc9c(c8)C(c8ccc(Oc%10ccc(C=C)cc%10)cc8)(c8ccc(C(C)(C)C)cc8)c8ccccc8-9)c8cc(C)c(-c9ccc(F)cc9)cc8C)cc7c6c5)c5cc(C)c(-c6ccc(F)cc6)cc5C)cc43)cc2)cc1. The first kappa shape index (κ1) is 76.8. The molecule has 0 fully saturated rings. The lowest BCUT2D eigenvalue weighted by Crippen LogP contribution is -2.29. The van der Waals surface area contributed by atoms with Crippen LogP contribution in [-0.4, -0.2) is 0 Å². The predicted molar refractivity (Wildman–Crippen MR) is 498 cm³/mol. The lowest BCUT2D eigenvalue weighted by molar-refractivity contribution is 0.482. The first-order valence-corrected chi connectivity index (χ1v) is 41.6. The third-order valence-corrected chi connectivity index (χ3v) is 25.0. The number of fused-ring (bicyclic) bond motifs is 9. The Labute approximate surface area is 708 Å². The summed E-state index contributed by atoms with van der Waals surface area (Å²) in [7, 11) is 0. The fourth-order valence-electron chi connectivity index (χ4n) is 18.8. The van der Waals surface area contributed by atoms with Crippen molar-refractivity contribution >= 4 is 68.2 Å². The van der Waals surface area contributed by atoms with Crippen LogP contribution in [0.15, 0.2) is 357 Å². The molecule has 0 amide bonds. The smallest absolute Gasteiger partial charge is 0.135 e. The van der Waals surface area contributed by atoms with Gasteiger partial charge in [0.1, 0.15) is 45.8 Å². The van der Waals surface area contributed by atoms with Gasteiger partial charge in [-0.2, -0.15) is 0 Å². The summed E-state index contributed by atoms with van der Waals surface area (Å²) in [6.07, 6.45) is 3.67. The number of rotatable bonds is 18. The van der Waals surface area contributed by atoms with E-state index in [4.69, 9.17) is 13.9 Å². The number of aryl methyl sites for hydroxylation is 4. The Kier molecular flexibility index (Phi) is 19.1. The Balaban J connectivity index is 0.808. The highest BCUT2D eigenvalue weighted by Gasteiger charge is 2.49. The fraction of sp³-hybridized carbons (Fsp3) is 0.123. The molecule has 0 radical (unpaired) electrons. The van der Waals surface area contributed by atoms with E-state index in [1.54, 1.807) is 0 Å². The zero-order valence-corrected chi connectivity index (χ0v) is 69.8. The topological polar surface area (TPSA) is 38.1 Å². The van der Waals surface area contributed by atoms with Crippen LogP contribution in [0.2, 0.25) is 0 Å². The zero-order valence-electron chi connectivity index (χ0n) is 69.8. The molecule has 2 aliphatic carbocycles. The van der Waals surface area contributed by atoms with Gasteiger partial charge >= 0.3 is 0 Å². The number of anilines is 6. The molecule has 0 spiro atoms. The average molecular weight is 1580 g/mol. The number of furan rings is 1. The van der Waals surface area contributed by atoms with E-state index >= 15 is 0 Å². The molecule has 0 bridgehead atoms. The maximum absolute atomic E-state index is 14.8. The van der Waals surface area contributed by atoms with Crippen LogP contribution in [0.1, 0.15) is 131 Å². The Morgan fingerprint density at radius 3 is 0.967 bits per heavy atom. The van der Waals surface area contributed by atoms with E-state index in [9.17, 15) is 8.78 Å². The molecule has 1 aromatic heterocycles. The minimum atomic E-state index is -0.806. The van der Waals surface area contributed by atoms with Gasteiger partial charge in [-0.05, 0) is 330 Å². The standard InChI is InChI=1S/C114H92F2N2O3/c1-13-75-23-51-91(52-24-75)119-93-55-39-83(40-56-93)113(81-35-31-79(32-36-81)111(7,8)9)103-21-17-15-19-95(103)97-59-47-89(69-105(97)113)117(107-65-71(3)99(63-73(107)5)77-27-43-85(115)44-28-77)87-49-61-109-101(67-87)102-68-88(50-62-110(102)121-109)118(108-66-72(4)100(64-74(108)6)78-29-45-86(116)46-30-78)90-48-60-98-96-20-16-18-22-104(96)114(106(98)70-90,82-37-33-80(34-38-82)112(10,11)12)84-41-57-94(58-42-84)120-92-53-25-76(14-2)26-54-92/h13-70H,1-2H2,3-12H3. The summed E-state index contributed by atoms with van der Waals surface area (Å²) in [5.41, 5.74) is 31.7. The van der Waals surface area contributed by atoms with Crippen molar-refractivity contribution < 1.29 is 22.7 Å². The van der Waals surface area contributed by atoms with Gasteiger partial charge in [0.05, 0.1) is 10.8 Å². The molecule has 17 aromatic rings. The Morgan fingerprint density at radius 1 is 0.306 bits per heavy atom. The lowest BCUT2D eigenvalue weighted by atomic mass is 9.67. The molecule has 0 saturated heterocycles. The van der Waals surface area contributed by atoms with Gasteiger partial charge in [0.25, 0.3) is 0 Å². The highest BCUT2D eigenvalue weighted by atomic mass is 19.1. The maximum atomic E-state index is 14.8. The number of hydrogen-bond donors (Lipinski definition) is 0. The highest BCUT2D eigenvalue weighted by Crippen LogP contribution is 2.61. The molecular weight excluding hydrogens is 1480 g/mol. The van der Waals surface area contributed by atoms with Crippen LogP contribution in [0.4, 0.5) is 42.9 Å². The van der Waals surface area contributed by atoms with Gasteiger partial charge in [0.15, 0.2) is 0 Å². The van der Waals surface area contributed by atoms with Crippen LogP contribution in [0.5, 0.6) is 23.0 Å². The van der Waals surface area contributed by atoms with Gasteiger partial charge in [-0.25, -0.2) is 8.78 Å². The van der Waals surface area contributed by atoms with Crippen molar-refractivity contribution in [1.29, 1.82) is 0 Å². The summed E-state index contributed by atoms with van der Waals surface area (Å²) < 4.78 is 49.8. The molecule has 590 valence electrons. The van der Waals surface area contributed by atoms with Crippen molar-refractivity contribution in [1.82, 2.24) is 0 Å². The predicted octanol–water partition coefficient (Wildman–Crippen LogP) is 31.6. The number of halogens is 2. The second-order valence-corrected chi connectivity index (χ2v) is 34.6. The molecule has 2 aliphatic rings. The van der Waals surface area contributed by atoms with Gasteiger partial charge in [0, 0.05) is 44.9 Å². The van der Waals surface area contributed by atoms with Crippen molar-refractivity contribution in [2.24, 2.45) is 0 Å². The Bertz CT molecular complexity index is 6490. The molecule has 19 rings (SSSR count). The fourth-order valence-corrected chi connectivity index (χ4v) is 18.8.